The Morgan fingerprint density at radius 2 is 2.00 bits per heavy atom. The number of nitrogen functional groups attached to an aromatic ring is 1. The van der Waals surface area contributed by atoms with E-state index in [4.69, 9.17) is 10.5 Å². The van der Waals surface area contributed by atoms with Crippen LogP contribution in [0.2, 0.25) is 0 Å². The summed E-state index contributed by atoms with van der Waals surface area (Å²) in [5.41, 5.74) is 5.73. The lowest BCUT2D eigenvalue weighted by atomic mass is 10.4. The molecule has 2 N–H and O–H groups in total. The first kappa shape index (κ1) is 18.5. The normalized spacial score (nSPS) is 10.4. The predicted octanol–water partition coefficient (Wildman–Crippen LogP) is 2.66. The predicted molar refractivity (Wildman–Crippen MR) is 63.0 cm³/mol. The molecule has 0 unspecified atom stereocenters. The molecule has 0 saturated carbocycles. The molecule has 0 fully saturated rings. The first-order valence-electron chi connectivity index (χ1n) is 4.45. The van der Waals surface area contributed by atoms with Crippen molar-refractivity contribution in [3.05, 3.63) is 6.20 Å². The number of hydrogen-bond donors (Lipinski definition) is 1. The van der Waals surface area contributed by atoms with E-state index in [1.807, 2.05) is 6.92 Å². The average Bonchev–Trinajstić information content (AvgIpc) is 2.45. The fourth-order valence-corrected chi connectivity index (χ4v) is 0.957. The van der Waals surface area contributed by atoms with Gasteiger partial charge in [-0.3, -0.25) is 4.68 Å². The van der Waals surface area contributed by atoms with Gasteiger partial charge in [-0.2, -0.15) is 13.2 Å². The second-order valence-corrected chi connectivity index (χ2v) is 2.96. The van der Waals surface area contributed by atoms with Gasteiger partial charge in [0.1, 0.15) is 5.69 Å². The van der Waals surface area contributed by atoms with Gasteiger partial charge in [-0.1, -0.05) is 0 Å². The van der Waals surface area contributed by atoms with Crippen molar-refractivity contribution < 1.29 is 17.9 Å². The van der Waals surface area contributed by atoms with E-state index in [1.54, 1.807) is 0 Å². The fraction of sp³-hybridized carbons (Fsp3) is 0.625. The van der Waals surface area contributed by atoms with Crippen molar-refractivity contribution >= 4 is 30.5 Å². The van der Waals surface area contributed by atoms with Crippen LogP contribution >= 0.6 is 24.8 Å². The van der Waals surface area contributed by atoms with Crippen LogP contribution in [0, 0.1) is 0 Å². The van der Waals surface area contributed by atoms with Gasteiger partial charge in [-0.25, -0.2) is 0 Å². The highest BCUT2D eigenvalue weighted by molar-refractivity contribution is 5.85. The second-order valence-electron chi connectivity index (χ2n) is 2.96. The van der Waals surface area contributed by atoms with E-state index in [0.717, 1.165) is 0 Å². The highest BCUT2D eigenvalue weighted by atomic mass is 35.5. The maximum absolute atomic E-state index is 11.8. The zero-order valence-corrected chi connectivity index (χ0v) is 10.7. The number of aryl methyl sites for hydroxylation is 1. The van der Waals surface area contributed by atoms with Gasteiger partial charge in [0, 0.05) is 6.54 Å². The van der Waals surface area contributed by atoms with E-state index in [2.05, 4.69) is 5.10 Å². The molecule has 1 rings (SSSR count). The van der Waals surface area contributed by atoms with Gasteiger partial charge in [0.15, 0.2) is 0 Å². The number of anilines is 1. The summed E-state index contributed by atoms with van der Waals surface area (Å²) in [5.74, 6) is 0.0566. The van der Waals surface area contributed by atoms with Gasteiger partial charge >= 0.3 is 6.18 Å². The number of nitrogens with two attached hydrogens (primary N) is 1. The third-order valence-electron chi connectivity index (χ3n) is 1.70. The number of ether oxygens (including phenoxy) is 1. The average molecular weight is 296 g/mol. The van der Waals surface area contributed by atoms with Crippen molar-refractivity contribution in [3.63, 3.8) is 0 Å². The van der Waals surface area contributed by atoms with Crippen LogP contribution in [0.25, 0.3) is 0 Å². The minimum Gasteiger partial charge on any atom is -0.475 e. The molecule has 1 aromatic rings. The Balaban J connectivity index is 0. The quantitative estimate of drug-likeness (QED) is 0.929. The van der Waals surface area contributed by atoms with Crippen molar-refractivity contribution in [3.8, 4) is 5.88 Å². The Morgan fingerprint density at radius 1 is 1.41 bits per heavy atom. The van der Waals surface area contributed by atoms with Crippen molar-refractivity contribution in [1.29, 1.82) is 0 Å². The molecule has 0 radical (unpaired) electrons. The molecule has 0 atom stereocenters. The first-order chi connectivity index (χ1) is 6.92. The number of halogens is 5. The van der Waals surface area contributed by atoms with E-state index in [9.17, 15) is 13.2 Å². The summed E-state index contributed by atoms with van der Waals surface area (Å²) in [6.07, 6.45) is -3.71. The molecule has 1 aromatic heterocycles. The van der Waals surface area contributed by atoms with Gasteiger partial charge in [0.05, 0.1) is 19.2 Å². The smallest absolute Gasteiger partial charge is 0.392 e. The Bertz CT molecular complexity index is 330. The summed E-state index contributed by atoms with van der Waals surface area (Å²) >= 11 is 0. The Kier molecular flexibility index (Phi) is 8.18. The minimum atomic E-state index is -4.22. The molecule has 4 nitrogen and oxygen atoms in total. The van der Waals surface area contributed by atoms with Gasteiger partial charge in [-0.15, -0.1) is 29.9 Å². The van der Waals surface area contributed by atoms with E-state index >= 15 is 0 Å². The second kappa shape index (κ2) is 7.50. The molecule has 0 aliphatic rings. The molecule has 0 saturated heterocycles. The van der Waals surface area contributed by atoms with Gasteiger partial charge in [-0.05, 0) is 6.92 Å². The molecule has 0 spiro atoms. The van der Waals surface area contributed by atoms with E-state index in [-0.39, 0.29) is 36.4 Å². The van der Waals surface area contributed by atoms with E-state index < -0.39 is 19.2 Å². The van der Waals surface area contributed by atoms with Crippen LogP contribution < -0.4 is 10.5 Å². The lowest BCUT2D eigenvalue weighted by molar-refractivity contribution is -0.139. The summed E-state index contributed by atoms with van der Waals surface area (Å²) in [6, 6.07) is 0. The molecular weight excluding hydrogens is 282 g/mol. The van der Waals surface area contributed by atoms with Crippen LogP contribution in [0.1, 0.15) is 13.3 Å². The van der Waals surface area contributed by atoms with Crippen LogP contribution in [0.3, 0.4) is 0 Å². The zero-order valence-electron chi connectivity index (χ0n) is 9.03. The first-order valence-corrected chi connectivity index (χ1v) is 4.45. The summed E-state index contributed by atoms with van der Waals surface area (Å²) in [7, 11) is 0. The molecule has 102 valence electrons. The van der Waals surface area contributed by atoms with Crippen LogP contribution in [0.4, 0.5) is 18.9 Å². The van der Waals surface area contributed by atoms with Gasteiger partial charge in [0.25, 0.3) is 5.88 Å². The summed E-state index contributed by atoms with van der Waals surface area (Å²) in [6.45, 7) is 1.97. The Morgan fingerprint density at radius 3 is 2.41 bits per heavy atom. The lowest BCUT2D eigenvalue weighted by Gasteiger charge is -2.06. The zero-order chi connectivity index (χ0) is 11.5. The van der Waals surface area contributed by atoms with Crippen molar-refractivity contribution in [2.75, 3.05) is 12.3 Å². The number of hydrogen-bond acceptors (Lipinski definition) is 3. The van der Waals surface area contributed by atoms with E-state index in [0.29, 0.717) is 6.54 Å². The monoisotopic (exact) mass is 295 g/mol. The molecule has 0 aliphatic heterocycles. The highest BCUT2D eigenvalue weighted by Gasteiger charge is 2.27. The fourth-order valence-electron chi connectivity index (χ4n) is 0.957. The maximum Gasteiger partial charge on any atom is 0.392 e. The minimum absolute atomic E-state index is 0. The maximum atomic E-state index is 11.8. The third-order valence-corrected chi connectivity index (χ3v) is 1.70. The SMILES string of the molecule is CCn1cc(N)c(OCCC(F)(F)F)n1.Cl.Cl. The van der Waals surface area contributed by atoms with Crippen molar-refractivity contribution in [2.45, 2.75) is 26.1 Å². The molecule has 0 bridgehead atoms. The largest absolute Gasteiger partial charge is 0.475 e. The van der Waals surface area contributed by atoms with Gasteiger partial charge in [0.2, 0.25) is 0 Å². The molecule has 1 heterocycles. The van der Waals surface area contributed by atoms with E-state index in [1.165, 1.54) is 10.9 Å². The molecule has 0 aliphatic carbocycles. The van der Waals surface area contributed by atoms with Crippen LogP contribution in [-0.2, 0) is 6.54 Å². The lowest BCUT2D eigenvalue weighted by Crippen LogP contribution is -2.13. The van der Waals surface area contributed by atoms with Crippen LogP contribution in [0.5, 0.6) is 5.88 Å². The molecular formula is C8H14Cl2F3N3O. The van der Waals surface area contributed by atoms with Crippen LogP contribution in [0.15, 0.2) is 6.20 Å². The summed E-state index contributed by atoms with van der Waals surface area (Å²) < 4.78 is 41.7. The summed E-state index contributed by atoms with van der Waals surface area (Å²) in [5, 5.41) is 3.85. The van der Waals surface area contributed by atoms with Crippen molar-refractivity contribution in [1.82, 2.24) is 9.78 Å². The molecule has 0 aromatic carbocycles. The number of rotatable bonds is 4. The number of nitrogens with zero attached hydrogens (tertiary/aromatic N) is 2. The van der Waals surface area contributed by atoms with Crippen LogP contribution in [-0.4, -0.2) is 22.6 Å². The summed E-state index contributed by atoms with van der Waals surface area (Å²) in [4.78, 5) is 0. The van der Waals surface area contributed by atoms with Crippen molar-refractivity contribution in [2.24, 2.45) is 0 Å². The molecule has 9 heteroatoms. The third kappa shape index (κ3) is 6.48. The number of aromatic nitrogens is 2. The molecule has 0 amide bonds. The number of alkyl halides is 3. The highest BCUT2D eigenvalue weighted by Crippen LogP contribution is 2.22. The standard InChI is InChI=1S/C8H12F3N3O.2ClH/c1-2-14-5-6(12)7(13-14)15-4-3-8(9,10)11;;/h5H,2-4,12H2,1H3;2*1H. The topological polar surface area (TPSA) is 53.1 Å². The molecule has 17 heavy (non-hydrogen) atoms. The Hall–Kier alpha value is -0.820. The van der Waals surface area contributed by atoms with Gasteiger partial charge < -0.3 is 10.5 Å². The Labute approximate surface area is 109 Å².